The second kappa shape index (κ2) is 5.95. The van der Waals surface area contributed by atoms with Gasteiger partial charge in [0.2, 0.25) is 0 Å². The number of hydrogen-bond donors (Lipinski definition) is 1. The van der Waals surface area contributed by atoms with Gasteiger partial charge in [0, 0.05) is 5.56 Å². The fourth-order valence-corrected chi connectivity index (χ4v) is 2.10. The third-order valence-electron chi connectivity index (χ3n) is 2.74. The van der Waals surface area contributed by atoms with Crippen LogP contribution in [0, 0.1) is 0 Å². The van der Waals surface area contributed by atoms with Gasteiger partial charge in [0.05, 0.1) is 18.9 Å². The van der Waals surface area contributed by atoms with Crippen molar-refractivity contribution < 1.29 is 23.0 Å². The van der Waals surface area contributed by atoms with Crippen molar-refractivity contribution >= 4 is 11.6 Å². The van der Waals surface area contributed by atoms with Crippen LogP contribution in [0.5, 0.6) is 5.75 Å². The van der Waals surface area contributed by atoms with E-state index >= 15 is 0 Å². The minimum absolute atomic E-state index is 0.269. The maximum absolute atomic E-state index is 12.8. The highest BCUT2D eigenvalue weighted by molar-refractivity contribution is 6.30. The van der Waals surface area contributed by atoms with Crippen LogP contribution in [0.1, 0.15) is 18.2 Å². The average molecular weight is 321 g/mol. The van der Waals surface area contributed by atoms with Crippen molar-refractivity contribution in [3.63, 3.8) is 0 Å². The summed E-state index contributed by atoms with van der Waals surface area (Å²) in [7, 11) is 0. The van der Waals surface area contributed by atoms with E-state index in [4.69, 9.17) is 21.4 Å². The largest absolute Gasteiger partial charge is 0.494 e. The predicted molar refractivity (Wildman–Crippen MR) is 70.7 cm³/mol. The Bertz CT molecular complexity index is 624. The molecule has 8 heteroatoms. The second-order valence-electron chi connectivity index (χ2n) is 4.11. The molecule has 0 aliphatic carbocycles. The first-order valence-electron chi connectivity index (χ1n) is 6.07. The Hall–Kier alpha value is -1.73. The predicted octanol–water partition coefficient (Wildman–Crippen LogP) is 3.44. The third kappa shape index (κ3) is 3.14. The van der Waals surface area contributed by atoms with Crippen LogP contribution in [0.15, 0.2) is 24.3 Å². The molecule has 0 aliphatic rings. The lowest BCUT2D eigenvalue weighted by Crippen LogP contribution is -2.09. The molecular formula is C13H12ClF3N2O2. The van der Waals surface area contributed by atoms with E-state index < -0.39 is 24.0 Å². The summed E-state index contributed by atoms with van der Waals surface area (Å²) in [5, 5.41) is 12.3. The quantitative estimate of drug-likeness (QED) is 0.938. The van der Waals surface area contributed by atoms with Crippen molar-refractivity contribution in [3.8, 4) is 11.4 Å². The average Bonchev–Trinajstić information content (AvgIpc) is 2.77. The summed E-state index contributed by atoms with van der Waals surface area (Å²) in [6.07, 6.45) is -4.68. The number of halogens is 4. The zero-order chi connectivity index (χ0) is 15.6. The Morgan fingerprint density at radius 1 is 1.29 bits per heavy atom. The number of hydrogen-bond acceptors (Lipinski definition) is 3. The van der Waals surface area contributed by atoms with Crippen molar-refractivity contribution in [3.05, 3.63) is 40.7 Å². The molecule has 2 aromatic rings. The number of nitrogens with zero attached hydrogens (tertiary/aromatic N) is 2. The molecular weight excluding hydrogens is 309 g/mol. The SMILES string of the molecule is CCOc1ccc(-n2nc(C(F)(F)F)c(CO)c2Cl)cc1. The van der Waals surface area contributed by atoms with Gasteiger partial charge in [-0.2, -0.15) is 18.3 Å². The zero-order valence-electron chi connectivity index (χ0n) is 11.0. The van der Waals surface area contributed by atoms with Crippen LogP contribution < -0.4 is 4.74 Å². The van der Waals surface area contributed by atoms with Gasteiger partial charge in [0.1, 0.15) is 10.9 Å². The van der Waals surface area contributed by atoms with Crippen LogP contribution in [0.2, 0.25) is 5.15 Å². The lowest BCUT2D eigenvalue weighted by atomic mass is 10.2. The standard InChI is InChI=1S/C13H12ClF3N2O2/c1-2-21-9-5-3-8(4-6-9)19-12(14)10(7-20)11(18-19)13(15,16)17/h3-6,20H,2,7H2,1H3. The van der Waals surface area contributed by atoms with Gasteiger partial charge in [-0.3, -0.25) is 0 Å². The molecule has 1 N–H and O–H groups in total. The highest BCUT2D eigenvalue weighted by atomic mass is 35.5. The summed E-state index contributed by atoms with van der Waals surface area (Å²) in [6, 6.07) is 6.27. The van der Waals surface area contributed by atoms with Gasteiger partial charge in [-0.25, -0.2) is 4.68 Å². The molecule has 0 fully saturated rings. The smallest absolute Gasteiger partial charge is 0.435 e. The van der Waals surface area contributed by atoms with Crippen LogP contribution >= 0.6 is 11.6 Å². The van der Waals surface area contributed by atoms with E-state index in [2.05, 4.69) is 5.10 Å². The number of aromatic nitrogens is 2. The molecule has 0 spiro atoms. The van der Waals surface area contributed by atoms with Crippen LogP contribution in [0.25, 0.3) is 5.69 Å². The summed E-state index contributed by atoms with van der Waals surface area (Å²) in [5.41, 5.74) is -1.30. The number of aliphatic hydroxyl groups excluding tert-OH is 1. The summed E-state index contributed by atoms with van der Waals surface area (Å²) in [4.78, 5) is 0. The second-order valence-corrected chi connectivity index (χ2v) is 4.47. The van der Waals surface area contributed by atoms with Gasteiger partial charge < -0.3 is 9.84 Å². The third-order valence-corrected chi connectivity index (χ3v) is 3.13. The summed E-state index contributed by atoms with van der Waals surface area (Å²) < 4.78 is 44.7. The van der Waals surface area contributed by atoms with E-state index in [0.717, 1.165) is 4.68 Å². The molecule has 21 heavy (non-hydrogen) atoms. The van der Waals surface area contributed by atoms with E-state index in [0.29, 0.717) is 18.0 Å². The van der Waals surface area contributed by atoms with Gasteiger partial charge in [-0.1, -0.05) is 11.6 Å². The topological polar surface area (TPSA) is 47.3 Å². The number of rotatable bonds is 4. The lowest BCUT2D eigenvalue weighted by Gasteiger charge is -2.06. The van der Waals surface area contributed by atoms with Crippen molar-refractivity contribution in [1.29, 1.82) is 0 Å². The molecule has 114 valence electrons. The summed E-state index contributed by atoms with van der Waals surface area (Å²) in [6.45, 7) is 1.46. The molecule has 1 aromatic carbocycles. The van der Waals surface area contributed by atoms with Gasteiger partial charge in [-0.05, 0) is 31.2 Å². The minimum Gasteiger partial charge on any atom is -0.494 e. The molecule has 0 aliphatic heterocycles. The Morgan fingerprint density at radius 3 is 2.33 bits per heavy atom. The monoisotopic (exact) mass is 320 g/mol. The zero-order valence-corrected chi connectivity index (χ0v) is 11.7. The number of benzene rings is 1. The molecule has 1 aromatic heterocycles. The fraction of sp³-hybridized carbons (Fsp3) is 0.308. The molecule has 0 saturated heterocycles. The first-order valence-corrected chi connectivity index (χ1v) is 6.45. The Kier molecular flexibility index (Phi) is 4.43. The number of alkyl halides is 3. The van der Waals surface area contributed by atoms with Crippen molar-refractivity contribution in [1.82, 2.24) is 9.78 Å². The Morgan fingerprint density at radius 2 is 1.90 bits per heavy atom. The van der Waals surface area contributed by atoms with Crippen molar-refractivity contribution in [2.45, 2.75) is 19.7 Å². The number of ether oxygens (including phenoxy) is 1. The van der Waals surface area contributed by atoms with E-state index in [9.17, 15) is 13.2 Å². The first kappa shape index (κ1) is 15.7. The highest BCUT2D eigenvalue weighted by Crippen LogP contribution is 2.35. The number of aliphatic hydroxyl groups is 1. The molecule has 1 heterocycles. The van der Waals surface area contributed by atoms with Gasteiger partial charge in [-0.15, -0.1) is 0 Å². The van der Waals surface area contributed by atoms with Crippen LogP contribution in [-0.4, -0.2) is 21.5 Å². The van der Waals surface area contributed by atoms with Gasteiger partial charge in [0.25, 0.3) is 0 Å². The Balaban J connectivity index is 2.47. The van der Waals surface area contributed by atoms with Gasteiger partial charge in [0.15, 0.2) is 5.69 Å². The first-order chi connectivity index (χ1) is 9.88. The van der Waals surface area contributed by atoms with Gasteiger partial charge >= 0.3 is 6.18 Å². The molecule has 0 atom stereocenters. The van der Waals surface area contributed by atoms with Crippen LogP contribution in [0.4, 0.5) is 13.2 Å². The molecule has 0 amide bonds. The highest BCUT2D eigenvalue weighted by Gasteiger charge is 2.39. The van der Waals surface area contributed by atoms with Crippen LogP contribution in [-0.2, 0) is 12.8 Å². The van der Waals surface area contributed by atoms with E-state index in [-0.39, 0.29) is 5.15 Å². The maximum Gasteiger partial charge on any atom is 0.435 e. The molecule has 0 bridgehead atoms. The van der Waals surface area contributed by atoms with E-state index in [1.165, 1.54) is 12.1 Å². The summed E-state index contributed by atoms with van der Waals surface area (Å²) >= 11 is 5.88. The van der Waals surface area contributed by atoms with Crippen molar-refractivity contribution in [2.75, 3.05) is 6.61 Å². The van der Waals surface area contributed by atoms with Crippen molar-refractivity contribution in [2.24, 2.45) is 0 Å². The maximum atomic E-state index is 12.8. The Labute approximate surface area is 123 Å². The van der Waals surface area contributed by atoms with E-state index in [1.54, 1.807) is 12.1 Å². The summed E-state index contributed by atoms with van der Waals surface area (Å²) in [5.74, 6) is 0.586. The minimum atomic E-state index is -4.68. The van der Waals surface area contributed by atoms with Crippen LogP contribution in [0.3, 0.4) is 0 Å². The molecule has 4 nitrogen and oxygen atoms in total. The lowest BCUT2D eigenvalue weighted by molar-refractivity contribution is -0.142. The molecule has 0 unspecified atom stereocenters. The molecule has 0 radical (unpaired) electrons. The fourth-order valence-electron chi connectivity index (χ4n) is 1.82. The molecule has 0 saturated carbocycles. The normalized spacial score (nSPS) is 11.7. The molecule has 2 rings (SSSR count). The van der Waals surface area contributed by atoms with E-state index in [1.807, 2.05) is 6.92 Å².